The van der Waals surface area contributed by atoms with Crippen LogP contribution in [0.2, 0.25) is 0 Å². The fraction of sp³-hybridized carbons (Fsp3) is 0.750. The lowest BCUT2D eigenvalue weighted by Crippen LogP contribution is -2.44. The molecule has 0 aliphatic carbocycles. The molecule has 1 aliphatic rings. The van der Waals surface area contributed by atoms with Gasteiger partial charge >= 0.3 is 5.97 Å². The molecule has 1 rings (SSSR count). The van der Waals surface area contributed by atoms with Crippen LogP contribution >= 0.6 is 11.8 Å². The van der Waals surface area contributed by atoms with E-state index in [0.717, 1.165) is 0 Å². The van der Waals surface area contributed by atoms with Crippen molar-refractivity contribution in [1.29, 1.82) is 0 Å². The summed E-state index contributed by atoms with van der Waals surface area (Å²) in [6.07, 6.45) is 2.45. The molecule has 1 aliphatic heterocycles. The second kappa shape index (κ2) is 7.37. The maximum absolute atomic E-state index is 12.0. The molecule has 0 aromatic heterocycles. The first kappa shape index (κ1) is 15.8. The van der Waals surface area contributed by atoms with E-state index in [4.69, 9.17) is 5.11 Å². The number of likely N-dealkylation sites (tertiary alicyclic amines) is 1. The van der Waals surface area contributed by atoms with Crippen LogP contribution in [0.25, 0.3) is 0 Å². The highest BCUT2D eigenvalue weighted by atomic mass is 32.2. The molecule has 1 fully saturated rings. The summed E-state index contributed by atoms with van der Waals surface area (Å²) in [5.41, 5.74) is 0. The van der Waals surface area contributed by atoms with Gasteiger partial charge < -0.3 is 15.3 Å². The zero-order valence-corrected chi connectivity index (χ0v) is 12.0. The average molecular weight is 288 g/mol. The van der Waals surface area contributed by atoms with E-state index in [2.05, 4.69) is 5.32 Å². The Balaban J connectivity index is 2.53. The summed E-state index contributed by atoms with van der Waals surface area (Å²) in [4.78, 5) is 36.2. The minimum Gasteiger partial charge on any atom is -0.480 e. The maximum Gasteiger partial charge on any atom is 0.326 e. The molecule has 2 atom stereocenters. The molecular formula is C12H20N2O4S. The number of amides is 2. The molecule has 2 N–H and O–H groups in total. The van der Waals surface area contributed by atoms with Crippen LogP contribution in [0, 0.1) is 5.92 Å². The Morgan fingerprint density at radius 2 is 2.26 bits per heavy atom. The highest BCUT2D eigenvalue weighted by Gasteiger charge is 2.34. The predicted octanol–water partition coefficient (Wildman–Crippen LogP) is 0.177. The standard InChI is InChI=1S/C12H20N2O4S/c1-3-14-7-8(6-10(14)15)11(16)13-9(12(17)18)4-5-19-2/h8-9H,3-7H2,1-2H3,(H,13,16)(H,17,18). The Kier molecular flexibility index (Phi) is 6.14. The summed E-state index contributed by atoms with van der Waals surface area (Å²) < 4.78 is 0. The topological polar surface area (TPSA) is 86.7 Å². The summed E-state index contributed by atoms with van der Waals surface area (Å²) in [5, 5.41) is 11.6. The summed E-state index contributed by atoms with van der Waals surface area (Å²) in [6.45, 7) is 2.82. The first-order chi connectivity index (χ1) is 8.99. The van der Waals surface area contributed by atoms with Crippen molar-refractivity contribution in [3.05, 3.63) is 0 Å². The lowest BCUT2D eigenvalue weighted by molar-refractivity contribution is -0.142. The van der Waals surface area contributed by atoms with Crippen molar-refractivity contribution in [1.82, 2.24) is 10.2 Å². The van der Waals surface area contributed by atoms with Crippen molar-refractivity contribution >= 4 is 29.5 Å². The SMILES string of the molecule is CCN1CC(C(=O)NC(CCSC)C(=O)O)CC1=O. The third kappa shape index (κ3) is 4.41. The molecule has 2 amide bonds. The first-order valence-corrected chi connectivity index (χ1v) is 7.68. The molecule has 19 heavy (non-hydrogen) atoms. The van der Waals surface area contributed by atoms with E-state index in [0.29, 0.717) is 25.3 Å². The molecule has 0 spiro atoms. The number of carbonyl (C=O) groups is 3. The largest absolute Gasteiger partial charge is 0.480 e. The number of rotatable bonds is 7. The minimum atomic E-state index is -1.03. The Labute approximate surface area is 116 Å². The average Bonchev–Trinajstić information content (AvgIpc) is 2.75. The maximum atomic E-state index is 12.0. The number of carboxylic acids is 1. The number of nitrogens with one attached hydrogen (secondary N) is 1. The van der Waals surface area contributed by atoms with Crippen LogP contribution in [0.15, 0.2) is 0 Å². The molecule has 0 aromatic rings. The molecule has 1 saturated heterocycles. The number of hydrogen-bond acceptors (Lipinski definition) is 4. The van der Waals surface area contributed by atoms with Gasteiger partial charge in [-0.15, -0.1) is 0 Å². The number of carboxylic acid groups (broad SMARTS) is 1. The fourth-order valence-electron chi connectivity index (χ4n) is 2.04. The van der Waals surface area contributed by atoms with Gasteiger partial charge in [-0.2, -0.15) is 11.8 Å². The van der Waals surface area contributed by atoms with E-state index < -0.39 is 17.9 Å². The minimum absolute atomic E-state index is 0.0429. The summed E-state index contributed by atoms with van der Waals surface area (Å²) in [5.74, 6) is -1.17. The number of nitrogens with zero attached hydrogens (tertiary/aromatic N) is 1. The third-order valence-corrected chi connectivity index (χ3v) is 3.84. The molecular weight excluding hydrogens is 268 g/mol. The van der Waals surface area contributed by atoms with Gasteiger partial charge in [-0.25, -0.2) is 4.79 Å². The summed E-state index contributed by atoms with van der Waals surface area (Å²) in [6, 6.07) is -0.870. The zero-order valence-electron chi connectivity index (χ0n) is 11.2. The van der Waals surface area contributed by atoms with E-state index in [1.54, 1.807) is 4.90 Å². The van der Waals surface area contributed by atoms with Crippen molar-refractivity contribution in [2.75, 3.05) is 25.1 Å². The van der Waals surface area contributed by atoms with Gasteiger partial charge in [0.05, 0.1) is 5.92 Å². The number of aliphatic carboxylic acids is 1. The van der Waals surface area contributed by atoms with E-state index in [9.17, 15) is 14.4 Å². The normalized spacial score (nSPS) is 20.4. The molecule has 0 aromatic carbocycles. The van der Waals surface area contributed by atoms with Crippen molar-refractivity contribution in [2.24, 2.45) is 5.92 Å². The lowest BCUT2D eigenvalue weighted by Gasteiger charge is -2.17. The quantitative estimate of drug-likeness (QED) is 0.698. The van der Waals surface area contributed by atoms with Crippen LogP contribution < -0.4 is 5.32 Å². The van der Waals surface area contributed by atoms with Crippen molar-refractivity contribution in [3.63, 3.8) is 0 Å². The Hall–Kier alpha value is -1.24. The number of thioether (sulfide) groups is 1. The van der Waals surface area contributed by atoms with E-state index in [-0.39, 0.29) is 18.2 Å². The van der Waals surface area contributed by atoms with Crippen LogP contribution in [-0.4, -0.2) is 58.9 Å². The Morgan fingerprint density at radius 3 is 2.74 bits per heavy atom. The number of carbonyl (C=O) groups excluding carboxylic acids is 2. The lowest BCUT2D eigenvalue weighted by atomic mass is 10.1. The predicted molar refractivity (Wildman–Crippen MR) is 72.9 cm³/mol. The highest BCUT2D eigenvalue weighted by Crippen LogP contribution is 2.17. The van der Waals surface area contributed by atoms with E-state index in [1.807, 2.05) is 13.2 Å². The molecule has 0 bridgehead atoms. The van der Waals surface area contributed by atoms with Gasteiger partial charge in [0.1, 0.15) is 6.04 Å². The molecule has 0 saturated carbocycles. The van der Waals surface area contributed by atoms with Gasteiger partial charge in [0.2, 0.25) is 11.8 Å². The molecule has 6 nitrogen and oxygen atoms in total. The van der Waals surface area contributed by atoms with E-state index >= 15 is 0 Å². The Bertz CT molecular complexity index is 362. The number of hydrogen-bond donors (Lipinski definition) is 2. The monoisotopic (exact) mass is 288 g/mol. The molecule has 0 radical (unpaired) electrons. The van der Waals surface area contributed by atoms with E-state index in [1.165, 1.54) is 11.8 Å². The van der Waals surface area contributed by atoms with Crippen LogP contribution in [0.3, 0.4) is 0 Å². The Morgan fingerprint density at radius 1 is 1.58 bits per heavy atom. The van der Waals surface area contributed by atoms with Gasteiger partial charge in [0.15, 0.2) is 0 Å². The molecule has 2 unspecified atom stereocenters. The summed E-state index contributed by atoms with van der Waals surface area (Å²) in [7, 11) is 0. The third-order valence-electron chi connectivity index (χ3n) is 3.19. The smallest absolute Gasteiger partial charge is 0.326 e. The van der Waals surface area contributed by atoms with Gasteiger partial charge in [0, 0.05) is 19.5 Å². The molecule has 7 heteroatoms. The van der Waals surface area contributed by atoms with Crippen molar-refractivity contribution < 1.29 is 19.5 Å². The van der Waals surface area contributed by atoms with Gasteiger partial charge in [0.25, 0.3) is 0 Å². The second-order valence-electron chi connectivity index (χ2n) is 4.51. The van der Waals surface area contributed by atoms with Crippen LogP contribution in [-0.2, 0) is 14.4 Å². The van der Waals surface area contributed by atoms with Crippen molar-refractivity contribution in [3.8, 4) is 0 Å². The zero-order chi connectivity index (χ0) is 14.4. The highest BCUT2D eigenvalue weighted by molar-refractivity contribution is 7.98. The van der Waals surface area contributed by atoms with Gasteiger partial charge in [-0.3, -0.25) is 9.59 Å². The van der Waals surface area contributed by atoms with Crippen LogP contribution in [0.5, 0.6) is 0 Å². The van der Waals surface area contributed by atoms with Gasteiger partial charge in [-0.1, -0.05) is 0 Å². The molecule has 108 valence electrons. The summed E-state index contributed by atoms with van der Waals surface area (Å²) >= 11 is 1.53. The first-order valence-electron chi connectivity index (χ1n) is 6.29. The van der Waals surface area contributed by atoms with Crippen molar-refractivity contribution in [2.45, 2.75) is 25.8 Å². The van der Waals surface area contributed by atoms with Crippen LogP contribution in [0.4, 0.5) is 0 Å². The fourth-order valence-corrected chi connectivity index (χ4v) is 2.51. The molecule has 1 heterocycles. The van der Waals surface area contributed by atoms with Gasteiger partial charge in [-0.05, 0) is 25.4 Å². The second-order valence-corrected chi connectivity index (χ2v) is 5.50. The van der Waals surface area contributed by atoms with Crippen LogP contribution in [0.1, 0.15) is 19.8 Å².